The fourth-order valence-electron chi connectivity index (χ4n) is 3.50. The molecule has 1 aliphatic rings. The van der Waals surface area contributed by atoms with Crippen LogP contribution in [-0.2, 0) is 9.53 Å². The van der Waals surface area contributed by atoms with Crippen LogP contribution in [0.25, 0.3) is 11.0 Å². The molecule has 3 aromatic rings. The van der Waals surface area contributed by atoms with Crippen molar-refractivity contribution in [1.29, 1.82) is 0 Å². The fraction of sp³-hybridized carbons (Fsp3) is 0.238. The largest absolute Gasteiger partial charge is 0.464 e. The van der Waals surface area contributed by atoms with E-state index in [1.165, 1.54) is 7.11 Å². The van der Waals surface area contributed by atoms with Gasteiger partial charge in [0.25, 0.3) is 0 Å². The third-order valence-corrected chi connectivity index (χ3v) is 4.88. The molecule has 138 valence electrons. The number of carbonyl (C=O) groups excluding carboxylic acids is 1. The van der Waals surface area contributed by atoms with Gasteiger partial charge in [0.1, 0.15) is 11.3 Å². The molecule has 0 radical (unpaired) electrons. The second-order valence-corrected chi connectivity index (χ2v) is 6.67. The molecular formula is C21H18O6. The maximum Gasteiger partial charge on any atom is 0.379 e. The molecule has 0 spiro atoms. The Balaban J connectivity index is 2.00. The monoisotopic (exact) mass is 366 g/mol. The van der Waals surface area contributed by atoms with E-state index in [1.54, 1.807) is 24.3 Å². The number of carbonyl (C=O) groups is 1. The molecule has 0 aliphatic carbocycles. The zero-order valence-corrected chi connectivity index (χ0v) is 14.9. The molecule has 2 atom stereocenters. The number of aliphatic hydroxyl groups is 1. The highest BCUT2D eigenvalue weighted by Gasteiger charge is 2.49. The molecule has 0 saturated heterocycles. The first-order chi connectivity index (χ1) is 12.9. The first-order valence-electron chi connectivity index (χ1n) is 8.55. The van der Waals surface area contributed by atoms with E-state index in [-0.39, 0.29) is 17.7 Å². The molecular weight excluding hydrogens is 348 g/mol. The van der Waals surface area contributed by atoms with Crippen molar-refractivity contribution in [3.63, 3.8) is 0 Å². The molecule has 4 rings (SSSR count). The summed E-state index contributed by atoms with van der Waals surface area (Å²) < 4.78 is 15.9. The molecule has 0 fully saturated rings. The molecule has 6 nitrogen and oxygen atoms in total. The number of ether oxygens (including phenoxy) is 2. The molecule has 2 aromatic carbocycles. The van der Waals surface area contributed by atoms with Crippen LogP contribution in [0.5, 0.6) is 5.75 Å². The van der Waals surface area contributed by atoms with E-state index < -0.39 is 23.3 Å². The summed E-state index contributed by atoms with van der Waals surface area (Å²) in [5, 5.41) is 11.4. The molecule has 1 aliphatic heterocycles. The summed E-state index contributed by atoms with van der Waals surface area (Å²) in [7, 11) is 1.18. The Morgan fingerprint density at radius 2 is 1.89 bits per heavy atom. The predicted molar refractivity (Wildman–Crippen MR) is 97.7 cm³/mol. The van der Waals surface area contributed by atoms with Gasteiger partial charge in [0.15, 0.2) is 0 Å². The van der Waals surface area contributed by atoms with Gasteiger partial charge in [-0.2, -0.15) is 0 Å². The Hall–Kier alpha value is -3.12. The Morgan fingerprint density at radius 3 is 2.59 bits per heavy atom. The van der Waals surface area contributed by atoms with E-state index in [4.69, 9.17) is 13.9 Å². The maximum atomic E-state index is 12.7. The van der Waals surface area contributed by atoms with Crippen LogP contribution in [-0.4, -0.2) is 24.0 Å². The summed E-state index contributed by atoms with van der Waals surface area (Å²) in [4.78, 5) is 25.0. The smallest absolute Gasteiger partial charge is 0.379 e. The zero-order chi connectivity index (χ0) is 19.2. The summed E-state index contributed by atoms with van der Waals surface area (Å²) in [5.74, 6) is -3.55. The van der Waals surface area contributed by atoms with Gasteiger partial charge >= 0.3 is 17.4 Å². The minimum Gasteiger partial charge on any atom is -0.464 e. The minimum absolute atomic E-state index is 0.145. The van der Waals surface area contributed by atoms with E-state index in [0.29, 0.717) is 11.0 Å². The summed E-state index contributed by atoms with van der Waals surface area (Å²) in [6.07, 6.45) is -0.154. The molecule has 2 heterocycles. The van der Waals surface area contributed by atoms with Crippen LogP contribution in [0.15, 0.2) is 57.7 Å². The van der Waals surface area contributed by atoms with Crippen LogP contribution in [0.1, 0.15) is 29.0 Å². The highest BCUT2D eigenvalue weighted by molar-refractivity contribution is 5.87. The number of fused-ring (bicyclic) bond motifs is 3. The lowest BCUT2D eigenvalue weighted by Gasteiger charge is -2.36. The normalized spacial score (nSPS) is 21.4. The predicted octanol–water partition coefficient (Wildman–Crippen LogP) is 2.88. The number of esters is 1. The van der Waals surface area contributed by atoms with E-state index in [2.05, 4.69) is 0 Å². The topological polar surface area (TPSA) is 86.0 Å². The minimum atomic E-state index is -2.20. The average molecular weight is 366 g/mol. The van der Waals surface area contributed by atoms with E-state index >= 15 is 0 Å². The quantitative estimate of drug-likeness (QED) is 0.554. The van der Waals surface area contributed by atoms with Gasteiger partial charge in [0, 0.05) is 12.3 Å². The molecule has 0 bridgehead atoms. The average Bonchev–Trinajstić information content (AvgIpc) is 2.67. The van der Waals surface area contributed by atoms with Gasteiger partial charge in [-0.3, -0.25) is 0 Å². The van der Waals surface area contributed by atoms with E-state index in [0.717, 1.165) is 11.1 Å². The summed E-state index contributed by atoms with van der Waals surface area (Å²) in [6.45, 7) is 1.95. The Morgan fingerprint density at radius 1 is 1.19 bits per heavy atom. The molecule has 0 unspecified atom stereocenters. The van der Waals surface area contributed by atoms with Gasteiger partial charge < -0.3 is 19.0 Å². The Labute approximate surface area is 155 Å². The van der Waals surface area contributed by atoms with Gasteiger partial charge in [-0.1, -0.05) is 42.0 Å². The van der Waals surface area contributed by atoms with Crippen LogP contribution in [0, 0.1) is 6.92 Å². The Kier molecular flexibility index (Phi) is 4.00. The number of para-hydroxylation sites is 1. The lowest BCUT2D eigenvalue weighted by atomic mass is 9.83. The fourth-order valence-corrected chi connectivity index (χ4v) is 3.50. The summed E-state index contributed by atoms with van der Waals surface area (Å²) in [6, 6.07) is 14.4. The van der Waals surface area contributed by atoms with Crippen molar-refractivity contribution in [3.05, 3.63) is 75.6 Å². The van der Waals surface area contributed by atoms with Crippen molar-refractivity contribution in [2.45, 2.75) is 25.0 Å². The maximum absolute atomic E-state index is 12.7. The van der Waals surface area contributed by atoms with Crippen molar-refractivity contribution >= 4 is 16.9 Å². The number of rotatable bonds is 2. The van der Waals surface area contributed by atoms with Crippen LogP contribution < -0.4 is 10.4 Å². The second kappa shape index (κ2) is 6.25. The van der Waals surface area contributed by atoms with Gasteiger partial charge in [-0.05, 0) is 24.6 Å². The molecule has 1 aromatic heterocycles. The van der Waals surface area contributed by atoms with Gasteiger partial charge in [-0.15, -0.1) is 0 Å². The van der Waals surface area contributed by atoms with Gasteiger partial charge in [0.2, 0.25) is 0 Å². The second-order valence-electron chi connectivity index (χ2n) is 6.67. The van der Waals surface area contributed by atoms with Crippen molar-refractivity contribution in [2.24, 2.45) is 0 Å². The lowest BCUT2D eigenvalue weighted by molar-refractivity contribution is -0.202. The number of hydrogen-bond acceptors (Lipinski definition) is 6. The van der Waals surface area contributed by atoms with Crippen molar-refractivity contribution in [3.8, 4) is 5.75 Å². The number of hydrogen-bond donors (Lipinski definition) is 1. The molecule has 6 heteroatoms. The lowest BCUT2D eigenvalue weighted by Crippen LogP contribution is -2.50. The number of benzene rings is 2. The van der Waals surface area contributed by atoms with Crippen molar-refractivity contribution in [2.75, 3.05) is 7.11 Å². The van der Waals surface area contributed by atoms with Crippen molar-refractivity contribution < 1.29 is 23.8 Å². The molecule has 27 heavy (non-hydrogen) atoms. The van der Waals surface area contributed by atoms with Gasteiger partial charge in [-0.25, -0.2) is 9.59 Å². The first-order valence-corrected chi connectivity index (χ1v) is 8.55. The van der Waals surface area contributed by atoms with Crippen LogP contribution in [0.3, 0.4) is 0 Å². The number of aryl methyl sites for hydroxylation is 1. The zero-order valence-electron chi connectivity index (χ0n) is 14.9. The standard InChI is InChI=1S/C21H18O6/c1-12-7-9-13(10-8-12)15-11-21(24,20(23)25-2)27-18-14-5-3-4-6-16(14)26-19(22)17(15)18/h3-10,15,24H,11H2,1-2H3/t15-,21+/m0/s1. The third-order valence-electron chi connectivity index (χ3n) is 4.88. The van der Waals surface area contributed by atoms with Crippen molar-refractivity contribution in [1.82, 2.24) is 0 Å². The van der Waals surface area contributed by atoms with E-state index in [9.17, 15) is 14.7 Å². The third kappa shape index (κ3) is 2.78. The van der Waals surface area contributed by atoms with Crippen LogP contribution in [0.4, 0.5) is 0 Å². The molecule has 0 saturated carbocycles. The Bertz CT molecular complexity index is 1080. The highest BCUT2D eigenvalue weighted by Crippen LogP contribution is 2.45. The van der Waals surface area contributed by atoms with Crippen LogP contribution >= 0.6 is 0 Å². The highest BCUT2D eigenvalue weighted by atomic mass is 16.7. The van der Waals surface area contributed by atoms with E-state index in [1.807, 2.05) is 31.2 Å². The van der Waals surface area contributed by atoms with Gasteiger partial charge in [0.05, 0.1) is 18.1 Å². The number of methoxy groups -OCH3 is 1. The first kappa shape index (κ1) is 17.3. The molecule has 1 N–H and O–H groups in total. The summed E-state index contributed by atoms with van der Waals surface area (Å²) in [5.41, 5.74) is 1.88. The molecule has 0 amide bonds. The summed E-state index contributed by atoms with van der Waals surface area (Å²) >= 11 is 0. The SMILES string of the molecule is COC(=O)[C@@]1(O)C[C@@H](c2ccc(C)cc2)c2c(c3ccccc3oc2=O)O1. The van der Waals surface area contributed by atoms with Crippen LogP contribution in [0.2, 0.25) is 0 Å².